The molecule has 2 rings (SSSR count). The van der Waals surface area contributed by atoms with Gasteiger partial charge in [-0.1, -0.05) is 60.5 Å². The molecule has 4 nitrogen and oxygen atoms in total. The number of amides is 2. The zero-order chi connectivity index (χ0) is 23.0. The maximum atomic E-state index is 13.2. The maximum Gasteiger partial charge on any atom is 0.243 e. The van der Waals surface area contributed by atoms with Gasteiger partial charge in [-0.3, -0.25) is 9.59 Å². The van der Waals surface area contributed by atoms with Crippen molar-refractivity contribution in [1.82, 2.24) is 10.2 Å². The van der Waals surface area contributed by atoms with Crippen LogP contribution in [0, 0.1) is 0 Å². The third-order valence-corrected chi connectivity index (χ3v) is 6.18. The molecule has 1 atom stereocenters. The fourth-order valence-electron chi connectivity index (χ4n) is 3.11. The molecular weight excluding hydrogens is 451 g/mol. The number of thioether (sulfide) groups is 1. The van der Waals surface area contributed by atoms with Gasteiger partial charge in [0.15, 0.2) is 0 Å². The minimum Gasteiger partial charge on any atom is -0.350 e. The molecule has 168 valence electrons. The van der Waals surface area contributed by atoms with Crippen LogP contribution in [0.25, 0.3) is 0 Å². The van der Waals surface area contributed by atoms with E-state index in [9.17, 15) is 9.59 Å². The molecule has 0 aliphatic rings. The van der Waals surface area contributed by atoms with Crippen LogP contribution in [-0.4, -0.2) is 34.0 Å². The Morgan fingerprint density at radius 2 is 1.71 bits per heavy atom. The number of halogens is 2. The van der Waals surface area contributed by atoms with E-state index < -0.39 is 6.04 Å². The summed E-state index contributed by atoms with van der Waals surface area (Å²) in [6.07, 6.45) is 0.524. The van der Waals surface area contributed by atoms with Crippen LogP contribution in [0.5, 0.6) is 0 Å². The van der Waals surface area contributed by atoms with Gasteiger partial charge in [0, 0.05) is 27.9 Å². The number of benzene rings is 2. The minimum atomic E-state index is -0.552. The molecule has 0 fully saturated rings. The zero-order valence-electron chi connectivity index (χ0n) is 18.5. The summed E-state index contributed by atoms with van der Waals surface area (Å²) in [6, 6.07) is 14.4. The first-order chi connectivity index (χ1) is 14.6. The lowest BCUT2D eigenvalue weighted by atomic mass is 10.1. The highest BCUT2D eigenvalue weighted by molar-refractivity contribution is 7.99. The van der Waals surface area contributed by atoms with Gasteiger partial charge in [-0.2, -0.15) is 0 Å². The Kier molecular flexibility index (Phi) is 9.73. The van der Waals surface area contributed by atoms with Crippen LogP contribution in [0.15, 0.2) is 48.5 Å². The molecule has 1 N–H and O–H groups in total. The number of hydrogen-bond donors (Lipinski definition) is 1. The summed E-state index contributed by atoms with van der Waals surface area (Å²) < 4.78 is 0. The van der Waals surface area contributed by atoms with Gasteiger partial charge in [0.25, 0.3) is 0 Å². The van der Waals surface area contributed by atoms with Crippen molar-refractivity contribution in [2.24, 2.45) is 0 Å². The third-order valence-electron chi connectivity index (χ3n) is 4.59. The SMILES string of the molecule is CC[C@H](C(=O)NC(C)(C)C)N(Cc1ccc(Cl)cc1)C(=O)CSCc1ccccc1Cl. The Balaban J connectivity index is 2.16. The summed E-state index contributed by atoms with van der Waals surface area (Å²) >= 11 is 13.7. The molecule has 0 aliphatic carbocycles. The van der Waals surface area contributed by atoms with Crippen LogP contribution in [0.1, 0.15) is 45.2 Å². The van der Waals surface area contributed by atoms with Crippen LogP contribution in [0.2, 0.25) is 10.0 Å². The van der Waals surface area contributed by atoms with E-state index in [1.54, 1.807) is 17.0 Å². The van der Waals surface area contributed by atoms with Gasteiger partial charge < -0.3 is 10.2 Å². The summed E-state index contributed by atoms with van der Waals surface area (Å²) in [5, 5.41) is 4.34. The van der Waals surface area contributed by atoms with Crippen molar-refractivity contribution in [3.63, 3.8) is 0 Å². The average Bonchev–Trinajstić information content (AvgIpc) is 2.69. The van der Waals surface area contributed by atoms with E-state index in [1.165, 1.54) is 11.8 Å². The second kappa shape index (κ2) is 11.8. The van der Waals surface area contributed by atoms with Gasteiger partial charge in [0.2, 0.25) is 11.8 Å². The van der Waals surface area contributed by atoms with Crippen LogP contribution in [-0.2, 0) is 21.9 Å². The van der Waals surface area contributed by atoms with Crippen molar-refractivity contribution in [2.75, 3.05) is 5.75 Å². The van der Waals surface area contributed by atoms with Crippen LogP contribution in [0.3, 0.4) is 0 Å². The lowest BCUT2D eigenvalue weighted by Crippen LogP contribution is -2.53. The molecule has 31 heavy (non-hydrogen) atoms. The molecular formula is C24H30Cl2N2O2S. The Labute approximate surface area is 199 Å². The van der Waals surface area contributed by atoms with Crippen molar-refractivity contribution in [3.05, 3.63) is 69.7 Å². The Morgan fingerprint density at radius 3 is 2.29 bits per heavy atom. The normalized spacial score (nSPS) is 12.3. The van der Waals surface area contributed by atoms with Crippen LogP contribution >= 0.6 is 35.0 Å². The lowest BCUT2D eigenvalue weighted by molar-refractivity contribution is -0.140. The van der Waals surface area contributed by atoms with E-state index >= 15 is 0 Å². The molecule has 7 heteroatoms. The van der Waals surface area contributed by atoms with Gasteiger partial charge in [-0.15, -0.1) is 11.8 Å². The quantitative estimate of drug-likeness (QED) is 0.482. The summed E-state index contributed by atoms with van der Waals surface area (Å²) in [5.41, 5.74) is 1.54. The number of nitrogens with one attached hydrogen (secondary N) is 1. The number of carbonyl (C=O) groups excluding carboxylic acids is 2. The molecule has 0 aromatic heterocycles. The van der Waals surface area contributed by atoms with E-state index in [2.05, 4.69) is 5.32 Å². The predicted molar refractivity (Wildman–Crippen MR) is 132 cm³/mol. The summed E-state index contributed by atoms with van der Waals surface area (Å²) in [7, 11) is 0. The number of hydrogen-bond acceptors (Lipinski definition) is 3. The molecule has 0 bridgehead atoms. The Bertz CT molecular complexity index is 882. The molecule has 0 unspecified atom stereocenters. The number of carbonyl (C=O) groups is 2. The molecule has 2 amide bonds. The van der Waals surface area contributed by atoms with Crippen molar-refractivity contribution < 1.29 is 9.59 Å². The molecule has 2 aromatic carbocycles. The van der Waals surface area contributed by atoms with E-state index in [0.29, 0.717) is 28.8 Å². The first-order valence-corrected chi connectivity index (χ1v) is 12.2. The van der Waals surface area contributed by atoms with Gasteiger partial charge in [-0.05, 0) is 56.5 Å². The van der Waals surface area contributed by atoms with Gasteiger partial charge in [-0.25, -0.2) is 0 Å². The van der Waals surface area contributed by atoms with Crippen LogP contribution in [0.4, 0.5) is 0 Å². The number of nitrogens with zero attached hydrogens (tertiary/aromatic N) is 1. The fourth-order valence-corrected chi connectivity index (χ4v) is 4.43. The van der Waals surface area contributed by atoms with Crippen molar-refractivity contribution in [2.45, 2.75) is 58.0 Å². The smallest absolute Gasteiger partial charge is 0.243 e. The molecule has 2 aromatic rings. The largest absolute Gasteiger partial charge is 0.350 e. The van der Waals surface area contributed by atoms with Crippen molar-refractivity contribution in [3.8, 4) is 0 Å². The third kappa shape index (κ3) is 8.40. The van der Waals surface area contributed by atoms with Crippen molar-refractivity contribution >= 4 is 46.8 Å². The molecule has 0 saturated heterocycles. The Hall–Kier alpha value is -1.69. The highest BCUT2D eigenvalue weighted by Gasteiger charge is 2.30. The minimum absolute atomic E-state index is 0.0806. The molecule has 0 heterocycles. The van der Waals surface area contributed by atoms with E-state index in [1.807, 2.05) is 64.1 Å². The first-order valence-electron chi connectivity index (χ1n) is 10.3. The summed E-state index contributed by atoms with van der Waals surface area (Å²) in [5.74, 6) is 0.667. The van der Waals surface area contributed by atoms with Gasteiger partial charge in [0.1, 0.15) is 6.04 Å². The molecule has 0 spiro atoms. The van der Waals surface area contributed by atoms with E-state index in [4.69, 9.17) is 23.2 Å². The standard InChI is InChI=1S/C24H30Cl2N2O2S/c1-5-21(23(30)27-24(2,3)4)28(14-17-10-12-19(25)13-11-17)22(29)16-31-15-18-8-6-7-9-20(18)26/h6-13,21H,5,14-16H2,1-4H3,(H,27,30)/t21-/m1/s1. The first kappa shape index (κ1) is 25.6. The van der Waals surface area contributed by atoms with E-state index in [-0.39, 0.29) is 23.1 Å². The fraction of sp³-hybridized carbons (Fsp3) is 0.417. The maximum absolute atomic E-state index is 13.2. The number of rotatable bonds is 9. The molecule has 0 saturated carbocycles. The second-order valence-corrected chi connectivity index (χ2v) is 10.2. The van der Waals surface area contributed by atoms with Gasteiger partial charge in [0.05, 0.1) is 5.75 Å². The lowest BCUT2D eigenvalue weighted by Gasteiger charge is -2.33. The second-order valence-electron chi connectivity index (χ2n) is 8.40. The monoisotopic (exact) mass is 480 g/mol. The van der Waals surface area contributed by atoms with Crippen molar-refractivity contribution in [1.29, 1.82) is 0 Å². The highest BCUT2D eigenvalue weighted by atomic mass is 35.5. The predicted octanol–water partition coefficient (Wildman–Crippen LogP) is 5.95. The summed E-state index contributed by atoms with van der Waals surface area (Å²) in [4.78, 5) is 27.9. The Morgan fingerprint density at radius 1 is 1.06 bits per heavy atom. The zero-order valence-corrected chi connectivity index (χ0v) is 20.8. The highest BCUT2D eigenvalue weighted by Crippen LogP contribution is 2.22. The van der Waals surface area contributed by atoms with Gasteiger partial charge >= 0.3 is 0 Å². The summed E-state index contributed by atoms with van der Waals surface area (Å²) in [6.45, 7) is 8.07. The van der Waals surface area contributed by atoms with E-state index in [0.717, 1.165) is 11.1 Å². The topological polar surface area (TPSA) is 49.4 Å². The molecule has 0 radical (unpaired) electrons. The average molecular weight is 481 g/mol. The van der Waals surface area contributed by atoms with Crippen LogP contribution < -0.4 is 5.32 Å². The molecule has 0 aliphatic heterocycles.